The zero-order chi connectivity index (χ0) is 13.1. The van der Waals surface area contributed by atoms with Gasteiger partial charge in [0.15, 0.2) is 0 Å². The first-order valence-corrected chi connectivity index (χ1v) is 5.57. The van der Waals surface area contributed by atoms with Crippen LogP contribution in [0.5, 0.6) is 5.75 Å². The van der Waals surface area contributed by atoms with Gasteiger partial charge in [0, 0.05) is 0 Å². The summed E-state index contributed by atoms with van der Waals surface area (Å²) in [6, 6.07) is 9.97. The molecule has 0 unspecified atom stereocenters. The van der Waals surface area contributed by atoms with Crippen LogP contribution < -0.4 is 16.2 Å². The van der Waals surface area contributed by atoms with E-state index in [9.17, 15) is 4.39 Å². The summed E-state index contributed by atoms with van der Waals surface area (Å²) in [5, 5.41) is 0. The Morgan fingerprint density at radius 2 is 1.67 bits per heavy atom. The van der Waals surface area contributed by atoms with Gasteiger partial charge in [0.2, 0.25) is 0 Å². The Balaban J connectivity index is 2.29. The number of hydrogen-bond donors (Lipinski definition) is 2. The van der Waals surface area contributed by atoms with E-state index in [0.29, 0.717) is 23.5 Å². The molecule has 0 bridgehead atoms. The van der Waals surface area contributed by atoms with Crippen LogP contribution in [-0.4, -0.2) is 7.11 Å². The lowest BCUT2D eigenvalue weighted by atomic mass is 10.0. The van der Waals surface area contributed by atoms with Crippen molar-refractivity contribution >= 4 is 11.4 Å². The lowest BCUT2D eigenvalue weighted by Crippen LogP contribution is -2.03. The van der Waals surface area contributed by atoms with Crippen molar-refractivity contribution in [3.8, 4) is 5.75 Å². The lowest BCUT2D eigenvalue weighted by Gasteiger charge is -2.12. The molecule has 0 saturated heterocycles. The van der Waals surface area contributed by atoms with E-state index in [0.717, 1.165) is 11.1 Å². The fraction of sp³-hybridized carbons (Fsp3) is 0.143. The number of ether oxygens (including phenoxy) is 1. The molecule has 2 aromatic carbocycles. The van der Waals surface area contributed by atoms with Crippen molar-refractivity contribution in [1.82, 2.24) is 0 Å². The van der Waals surface area contributed by atoms with E-state index >= 15 is 0 Å². The van der Waals surface area contributed by atoms with E-state index in [1.807, 2.05) is 6.07 Å². The third kappa shape index (κ3) is 2.37. The van der Waals surface area contributed by atoms with Crippen LogP contribution in [-0.2, 0) is 6.42 Å². The molecule has 3 nitrogen and oxygen atoms in total. The molecule has 0 aliphatic carbocycles. The van der Waals surface area contributed by atoms with Gasteiger partial charge >= 0.3 is 0 Å². The summed E-state index contributed by atoms with van der Waals surface area (Å²) in [6.07, 6.45) is 0.611. The smallest absolute Gasteiger partial charge is 0.143 e. The summed E-state index contributed by atoms with van der Waals surface area (Å²) in [6.45, 7) is 0. The van der Waals surface area contributed by atoms with Gasteiger partial charge in [-0.3, -0.25) is 0 Å². The Bertz CT molecular complexity index is 552. The van der Waals surface area contributed by atoms with E-state index < -0.39 is 0 Å². The fourth-order valence-electron chi connectivity index (χ4n) is 1.82. The topological polar surface area (TPSA) is 61.3 Å². The number of anilines is 2. The highest BCUT2D eigenvalue weighted by Crippen LogP contribution is 2.31. The van der Waals surface area contributed by atoms with Gasteiger partial charge < -0.3 is 16.2 Å². The molecule has 0 aliphatic heterocycles. The number of nitrogens with two attached hydrogens (primary N) is 2. The first-order valence-electron chi connectivity index (χ1n) is 5.57. The number of hydrogen-bond acceptors (Lipinski definition) is 3. The Labute approximate surface area is 105 Å². The van der Waals surface area contributed by atoms with Crippen LogP contribution in [0.2, 0.25) is 0 Å². The quantitative estimate of drug-likeness (QED) is 0.818. The van der Waals surface area contributed by atoms with Crippen molar-refractivity contribution in [3.63, 3.8) is 0 Å². The van der Waals surface area contributed by atoms with Crippen molar-refractivity contribution in [3.05, 3.63) is 53.3 Å². The number of methoxy groups -OCH3 is 1. The molecule has 0 amide bonds. The van der Waals surface area contributed by atoms with Crippen molar-refractivity contribution in [2.75, 3.05) is 18.6 Å². The minimum atomic E-state index is -0.249. The third-order valence-electron chi connectivity index (χ3n) is 2.87. The highest BCUT2D eigenvalue weighted by molar-refractivity contribution is 5.74. The molecule has 2 aromatic rings. The molecule has 0 spiro atoms. The Morgan fingerprint density at radius 3 is 2.28 bits per heavy atom. The summed E-state index contributed by atoms with van der Waals surface area (Å²) >= 11 is 0. The lowest BCUT2D eigenvalue weighted by molar-refractivity contribution is 0.417. The number of nitrogen functional groups attached to an aromatic ring is 2. The van der Waals surface area contributed by atoms with Crippen molar-refractivity contribution in [1.29, 1.82) is 0 Å². The molecule has 0 aromatic heterocycles. The van der Waals surface area contributed by atoms with Crippen LogP contribution in [0.4, 0.5) is 15.8 Å². The maximum absolute atomic E-state index is 12.8. The van der Waals surface area contributed by atoms with Crippen LogP contribution >= 0.6 is 0 Å². The zero-order valence-electron chi connectivity index (χ0n) is 10.1. The standard InChI is InChI=1S/C14H15FN2O/c1-18-12-7-4-10(13(16)14(12)17)8-9-2-5-11(15)6-3-9/h2-7H,8,16-17H2,1H3. The maximum Gasteiger partial charge on any atom is 0.143 e. The van der Waals surface area contributed by atoms with Crippen LogP contribution in [0.15, 0.2) is 36.4 Å². The predicted molar refractivity (Wildman–Crippen MR) is 71.0 cm³/mol. The number of benzene rings is 2. The van der Waals surface area contributed by atoms with Gasteiger partial charge in [0.25, 0.3) is 0 Å². The molecule has 0 heterocycles. The van der Waals surface area contributed by atoms with E-state index in [4.69, 9.17) is 16.2 Å². The number of halogens is 1. The molecule has 4 N–H and O–H groups in total. The molecule has 0 fully saturated rings. The predicted octanol–water partition coefficient (Wildman–Crippen LogP) is 2.59. The molecular weight excluding hydrogens is 231 g/mol. The van der Waals surface area contributed by atoms with Crippen molar-refractivity contribution in [2.24, 2.45) is 0 Å². The average Bonchev–Trinajstić information content (AvgIpc) is 2.38. The molecular formula is C14H15FN2O. The molecule has 0 atom stereocenters. The van der Waals surface area contributed by atoms with Gasteiger partial charge in [-0.15, -0.1) is 0 Å². The van der Waals surface area contributed by atoms with Gasteiger partial charge in [0.1, 0.15) is 11.6 Å². The SMILES string of the molecule is COc1ccc(Cc2ccc(F)cc2)c(N)c1N. The fourth-order valence-corrected chi connectivity index (χ4v) is 1.82. The summed E-state index contributed by atoms with van der Waals surface area (Å²) in [5.41, 5.74) is 14.7. The minimum Gasteiger partial charge on any atom is -0.495 e. The molecule has 94 valence electrons. The van der Waals surface area contributed by atoms with Gasteiger partial charge in [-0.1, -0.05) is 18.2 Å². The van der Waals surface area contributed by atoms with E-state index in [-0.39, 0.29) is 5.82 Å². The summed E-state index contributed by atoms with van der Waals surface area (Å²) < 4.78 is 17.9. The number of rotatable bonds is 3. The van der Waals surface area contributed by atoms with E-state index in [2.05, 4.69) is 0 Å². The summed E-state index contributed by atoms with van der Waals surface area (Å²) in [5.74, 6) is 0.316. The summed E-state index contributed by atoms with van der Waals surface area (Å²) in [7, 11) is 1.55. The Morgan fingerprint density at radius 1 is 1.00 bits per heavy atom. The molecule has 18 heavy (non-hydrogen) atoms. The normalized spacial score (nSPS) is 10.3. The monoisotopic (exact) mass is 246 g/mol. The largest absolute Gasteiger partial charge is 0.495 e. The highest BCUT2D eigenvalue weighted by Gasteiger charge is 2.08. The molecule has 4 heteroatoms. The molecule has 0 aliphatic rings. The van der Waals surface area contributed by atoms with Gasteiger partial charge in [-0.2, -0.15) is 0 Å². The summed E-state index contributed by atoms with van der Waals surface area (Å²) in [4.78, 5) is 0. The highest BCUT2D eigenvalue weighted by atomic mass is 19.1. The molecule has 2 rings (SSSR count). The molecule has 0 radical (unpaired) electrons. The van der Waals surface area contributed by atoms with Crippen LogP contribution in [0.25, 0.3) is 0 Å². The first kappa shape index (κ1) is 12.2. The van der Waals surface area contributed by atoms with Crippen LogP contribution in [0.3, 0.4) is 0 Å². The Kier molecular flexibility index (Phi) is 3.37. The van der Waals surface area contributed by atoms with Crippen LogP contribution in [0, 0.1) is 5.82 Å². The van der Waals surface area contributed by atoms with E-state index in [1.165, 1.54) is 12.1 Å². The zero-order valence-corrected chi connectivity index (χ0v) is 10.1. The first-order chi connectivity index (χ1) is 8.61. The third-order valence-corrected chi connectivity index (χ3v) is 2.87. The second-order valence-electron chi connectivity index (χ2n) is 4.06. The minimum absolute atomic E-state index is 0.249. The van der Waals surface area contributed by atoms with Gasteiger partial charge in [-0.05, 0) is 35.7 Å². The molecule has 0 saturated carbocycles. The Hall–Kier alpha value is -2.23. The average molecular weight is 246 g/mol. The van der Waals surface area contributed by atoms with E-state index in [1.54, 1.807) is 25.3 Å². The second kappa shape index (κ2) is 4.96. The second-order valence-corrected chi connectivity index (χ2v) is 4.06. The maximum atomic E-state index is 12.8. The van der Waals surface area contributed by atoms with Crippen molar-refractivity contribution < 1.29 is 9.13 Å². The van der Waals surface area contributed by atoms with Crippen molar-refractivity contribution in [2.45, 2.75) is 6.42 Å². The van der Waals surface area contributed by atoms with Gasteiger partial charge in [0.05, 0.1) is 18.5 Å². The van der Waals surface area contributed by atoms with Crippen LogP contribution in [0.1, 0.15) is 11.1 Å². The van der Waals surface area contributed by atoms with Gasteiger partial charge in [-0.25, -0.2) is 4.39 Å².